The third-order valence-corrected chi connectivity index (χ3v) is 6.93. The third-order valence-electron chi connectivity index (χ3n) is 5.93. The zero-order valence-corrected chi connectivity index (χ0v) is 21.0. The number of amidine groups is 1. The first-order chi connectivity index (χ1) is 18.1. The number of aromatic amines is 1. The lowest BCUT2D eigenvalue weighted by Crippen LogP contribution is -2.31. The van der Waals surface area contributed by atoms with Crippen LogP contribution < -0.4 is 4.74 Å². The number of amides is 1. The minimum atomic E-state index is -0.477. The summed E-state index contributed by atoms with van der Waals surface area (Å²) in [6.45, 7) is 0.270. The first-order valence-corrected chi connectivity index (χ1v) is 12.6. The van der Waals surface area contributed by atoms with Gasteiger partial charge in [0.25, 0.3) is 5.91 Å². The Morgan fingerprint density at radius 3 is 2.62 bits per heavy atom. The summed E-state index contributed by atoms with van der Waals surface area (Å²) in [6, 6.07) is 25.0. The molecule has 0 atom stereocenters. The Morgan fingerprint density at radius 2 is 1.78 bits per heavy atom. The van der Waals surface area contributed by atoms with E-state index >= 15 is 0 Å². The first-order valence-electron chi connectivity index (χ1n) is 11.8. The number of fused-ring (bicyclic) bond motifs is 1. The van der Waals surface area contributed by atoms with Crippen molar-refractivity contribution in [3.05, 3.63) is 101 Å². The SMILES string of the molecule is COC(=O)COc1ccccc1C=C1SC(=Nc2ccccc2)N(CCc2c[nH]c3ccccc23)C1=O. The molecule has 1 amide bonds. The molecule has 1 aliphatic rings. The molecule has 0 radical (unpaired) electrons. The van der Waals surface area contributed by atoms with E-state index in [9.17, 15) is 9.59 Å². The van der Waals surface area contributed by atoms with Crippen molar-refractivity contribution in [1.29, 1.82) is 0 Å². The smallest absolute Gasteiger partial charge is 0.343 e. The fourth-order valence-electron chi connectivity index (χ4n) is 4.04. The van der Waals surface area contributed by atoms with Gasteiger partial charge < -0.3 is 14.5 Å². The van der Waals surface area contributed by atoms with Crippen molar-refractivity contribution in [2.75, 3.05) is 20.3 Å². The van der Waals surface area contributed by atoms with Gasteiger partial charge in [-0.3, -0.25) is 9.69 Å². The number of aromatic nitrogens is 1. The van der Waals surface area contributed by atoms with Crippen molar-refractivity contribution in [3.8, 4) is 5.75 Å². The second kappa shape index (κ2) is 11.2. The van der Waals surface area contributed by atoms with E-state index < -0.39 is 5.97 Å². The van der Waals surface area contributed by atoms with Gasteiger partial charge in [-0.1, -0.05) is 54.6 Å². The van der Waals surface area contributed by atoms with Crippen LogP contribution in [0.3, 0.4) is 0 Å². The molecule has 1 N–H and O–H groups in total. The van der Waals surface area contributed by atoms with E-state index in [1.165, 1.54) is 18.9 Å². The molecular formula is C29H25N3O4S. The van der Waals surface area contributed by atoms with Crippen LogP contribution in [0.15, 0.2) is 95.0 Å². The predicted octanol–water partition coefficient (Wildman–Crippen LogP) is 5.57. The van der Waals surface area contributed by atoms with E-state index in [4.69, 9.17) is 9.73 Å². The van der Waals surface area contributed by atoms with Crippen molar-refractivity contribution in [1.82, 2.24) is 9.88 Å². The van der Waals surface area contributed by atoms with Crippen LogP contribution in [0, 0.1) is 0 Å². The maximum atomic E-state index is 13.6. The van der Waals surface area contributed by atoms with Gasteiger partial charge in [-0.05, 0) is 54.1 Å². The zero-order chi connectivity index (χ0) is 25.6. The molecule has 8 heteroatoms. The Labute approximate surface area is 218 Å². The fraction of sp³-hybridized carbons (Fsp3) is 0.138. The number of methoxy groups -OCH3 is 1. The largest absolute Gasteiger partial charge is 0.481 e. The van der Waals surface area contributed by atoms with Crippen LogP contribution in [-0.2, 0) is 20.7 Å². The third kappa shape index (κ3) is 5.59. The minimum Gasteiger partial charge on any atom is -0.481 e. The van der Waals surface area contributed by atoms with Gasteiger partial charge in [-0.15, -0.1) is 0 Å². The number of H-pyrrole nitrogens is 1. The Morgan fingerprint density at radius 1 is 1.03 bits per heavy atom. The van der Waals surface area contributed by atoms with Crippen molar-refractivity contribution >= 4 is 51.5 Å². The monoisotopic (exact) mass is 511 g/mol. The molecule has 2 heterocycles. The summed E-state index contributed by atoms with van der Waals surface area (Å²) < 4.78 is 10.3. The molecule has 5 rings (SSSR count). The van der Waals surface area contributed by atoms with Gasteiger partial charge in [-0.2, -0.15) is 0 Å². The van der Waals surface area contributed by atoms with Gasteiger partial charge in [0.1, 0.15) is 5.75 Å². The maximum absolute atomic E-state index is 13.6. The molecule has 0 unspecified atom stereocenters. The lowest BCUT2D eigenvalue weighted by atomic mass is 10.1. The number of nitrogens with one attached hydrogen (secondary N) is 1. The molecule has 0 saturated carbocycles. The number of carbonyl (C=O) groups is 2. The summed E-state index contributed by atoms with van der Waals surface area (Å²) in [5.74, 6) is -0.107. The van der Waals surface area contributed by atoms with Crippen molar-refractivity contribution < 1.29 is 19.1 Å². The molecule has 1 saturated heterocycles. The zero-order valence-electron chi connectivity index (χ0n) is 20.2. The molecule has 1 aliphatic heterocycles. The number of thioether (sulfide) groups is 1. The number of esters is 1. The van der Waals surface area contributed by atoms with Gasteiger partial charge in [0.2, 0.25) is 0 Å². The molecule has 4 aromatic rings. The minimum absolute atomic E-state index is 0.123. The van der Waals surface area contributed by atoms with E-state index in [0.717, 1.165) is 22.2 Å². The highest BCUT2D eigenvalue weighted by Crippen LogP contribution is 2.36. The summed E-state index contributed by atoms with van der Waals surface area (Å²) in [5.41, 5.74) is 3.69. The second-order valence-corrected chi connectivity index (χ2v) is 9.32. The van der Waals surface area contributed by atoms with Gasteiger partial charge in [-0.25, -0.2) is 9.79 Å². The molecule has 0 aliphatic carbocycles. The van der Waals surface area contributed by atoms with Crippen LogP contribution in [0.1, 0.15) is 11.1 Å². The van der Waals surface area contributed by atoms with E-state index in [1.807, 2.05) is 72.9 Å². The van der Waals surface area contributed by atoms with Crippen LogP contribution in [0.25, 0.3) is 17.0 Å². The molecule has 186 valence electrons. The highest BCUT2D eigenvalue weighted by atomic mass is 32.2. The quantitative estimate of drug-likeness (QED) is 0.247. The van der Waals surface area contributed by atoms with Gasteiger partial charge in [0, 0.05) is 29.2 Å². The number of benzene rings is 3. The average Bonchev–Trinajstić information content (AvgIpc) is 3.47. The number of hydrogen-bond donors (Lipinski definition) is 1. The lowest BCUT2D eigenvalue weighted by Gasteiger charge is -2.15. The molecule has 1 fully saturated rings. The fourth-order valence-corrected chi connectivity index (χ4v) is 5.06. The summed E-state index contributed by atoms with van der Waals surface area (Å²) >= 11 is 1.33. The predicted molar refractivity (Wildman–Crippen MR) is 147 cm³/mol. The standard InChI is InChI=1S/C29H25N3O4S/c1-35-27(33)19-36-25-14-8-5-9-20(25)17-26-28(34)32(29(37-26)31-22-10-3-2-4-11-22)16-15-21-18-30-24-13-7-6-12-23(21)24/h2-14,17-18,30H,15-16,19H2,1H3. The van der Waals surface area contributed by atoms with Crippen LogP contribution in [0.2, 0.25) is 0 Å². The average molecular weight is 512 g/mol. The van der Waals surface area contributed by atoms with E-state index in [1.54, 1.807) is 17.0 Å². The summed E-state index contributed by atoms with van der Waals surface area (Å²) in [4.78, 5) is 35.5. The Bertz CT molecular complexity index is 1490. The van der Waals surface area contributed by atoms with Crippen LogP contribution in [0.5, 0.6) is 5.75 Å². The number of para-hydroxylation sites is 3. The number of rotatable bonds is 8. The normalized spacial score (nSPS) is 15.6. The van der Waals surface area contributed by atoms with Crippen molar-refractivity contribution in [3.63, 3.8) is 0 Å². The van der Waals surface area contributed by atoms with E-state index in [2.05, 4.69) is 15.8 Å². The molecule has 37 heavy (non-hydrogen) atoms. The van der Waals surface area contributed by atoms with E-state index in [-0.39, 0.29) is 12.5 Å². The van der Waals surface area contributed by atoms with Crippen LogP contribution >= 0.6 is 11.8 Å². The molecular weight excluding hydrogens is 486 g/mol. The Kier molecular flexibility index (Phi) is 7.37. The second-order valence-electron chi connectivity index (χ2n) is 8.31. The number of carbonyl (C=O) groups excluding carboxylic acids is 2. The molecule has 3 aromatic carbocycles. The highest BCUT2D eigenvalue weighted by Gasteiger charge is 2.33. The highest BCUT2D eigenvalue weighted by molar-refractivity contribution is 8.18. The molecule has 1 aromatic heterocycles. The molecule has 7 nitrogen and oxygen atoms in total. The van der Waals surface area contributed by atoms with Crippen LogP contribution in [0.4, 0.5) is 5.69 Å². The number of hydrogen-bond acceptors (Lipinski definition) is 6. The van der Waals surface area contributed by atoms with Crippen molar-refractivity contribution in [2.45, 2.75) is 6.42 Å². The molecule has 0 spiro atoms. The number of aliphatic imine (C=N–C) groups is 1. The number of nitrogens with zero attached hydrogens (tertiary/aromatic N) is 2. The van der Waals surface area contributed by atoms with E-state index in [0.29, 0.717) is 34.4 Å². The van der Waals surface area contributed by atoms with Gasteiger partial charge in [0.15, 0.2) is 11.8 Å². The summed E-state index contributed by atoms with van der Waals surface area (Å²) in [5, 5.41) is 1.77. The molecule has 0 bridgehead atoms. The topological polar surface area (TPSA) is 84.0 Å². The number of ether oxygens (including phenoxy) is 2. The maximum Gasteiger partial charge on any atom is 0.343 e. The van der Waals surface area contributed by atoms with Gasteiger partial charge >= 0.3 is 5.97 Å². The summed E-state index contributed by atoms with van der Waals surface area (Å²) in [6.07, 6.45) is 4.46. The summed E-state index contributed by atoms with van der Waals surface area (Å²) in [7, 11) is 1.31. The van der Waals surface area contributed by atoms with Crippen molar-refractivity contribution in [2.24, 2.45) is 4.99 Å². The Hall–Kier alpha value is -4.30. The Balaban J connectivity index is 1.43. The van der Waals surface area contributed by atoms with Crippen LogP contribution in [-0.4, -0.2) is 47.2 Å². The van der Waals surface area contributed by atoms with Gasteiger partial charge in [0.05, 0.1) is 17.7 Å². The first kappa shape index (κ1) is 24.4. The lowest BCUT2D eigenvalue weighted by molar-refractivity contribution is -0.142.